The van der Waals surface area contributed by atoms with E-state index in [1.807, 2.05) is 0 Å². The van der Waals surface area contributed by atoms with Crippen molar-refractivity contribution in [3.63, 3.8) is 0 Å². The lowest BCUT2D eigenvalue weighted by Crippen LogP contribution is -2.49. The highest BCUT2D eigenvalue weighted by atomic mass is 16.2. The average Bonchev–Trinajstić information content (AvgIpc) is 2.69. The van der Waals surface area contributed by atoms with Gasteiger partial charge >= 0.3 is 6.03 Å². The van der Waals surface area contributed by atoms with E-state index in [1.165, 1.54) is 0 Å². The van der Waals surface area contributed by atoms with E-state index >= 15 is 0 Å². The van der Waals surface area contributed by atoms with Crippen LogP contribution in [0.5, 0.6) is 0 Å². The Morgan fingerprint density at radius 2 is 1.86 bits per heavy atom. The lowest BCUT2D eigenvalue weighted by atomic mass is 9.81. The zero-order valence-electron chi connectivity index (χ0n) is 13.9. The molecule has 0 aromatic carbocycles. The van der Waals surface area contributed by atoms with Crippen LogP contribution in [0.2, 0.25) is 0 Å². The van der Waals surface area contributed by atoms with Crippen molar-refractivity contribution in [3.05, 3.63) is 0 Å². The molecule has 1 saturated heterocycles. The van der Waals surface area contributed by atoms with Crippen molar-refractivity contribution >= 4 is 17.8 Å². The van der Waals surface area contributed by atoms with Crippen LogP contribution in [-0.4, -0.2) is 65.3 Å². The van der Waals surface area contributed by atoms with Crippen LogP contribution >= 0.6 is 0 Å². The first kappa shape index (κ1) is 16.8. The molecule has 6 heteroatoms. The summed E-state index contributed by atoms with van der Waals surface area (Å²) < 4.78 is 0. The van der Waals surface area contributed by atoms with Gasteiger partial charge in [0, 0.05) is 20.6 Å². The minimum atomic E-state index is -0.697. The van der Waals surface area contributed by atoms with E-state index in [9.17, 15) is 14.4 Å². The monoisotopic (exact) mass is 309 g/mol. The second kappa shape index (κ2) is 6.67. The first-order chi connectivity index (χ1) is 10.4. The summed E-state index contributed by atoms with van der Waals surface area (Å²) in [5.41, 5.74) is -0.697. The lowest BCUT2D eigenvalue weighted by molar-refractivity contribution is -0.140. The fourth-order valence-electron chi connectivity index (χ4n) is 3.45. The largest absolute Gasteiger partial charge is 0.344 e. The molecule has 0 unspecified atom stereocenters. The number of hydrogen-bond acceptors (Lipinski definition) is 3. The molecule has 0 N–H and O–H groups in total. The lowest BCUT2D eigenvalue weighted by Gasteiger charge is -2.35. The molecule has 2 rings (SSSR count). The SMILES string of the molecule is CCCCN(C)C(=O)CN1C(=O)N(C)C2(CCCCC2)C1=O. The van der Waals surface area contributed by atoms with Crippen molar-refractivity contribution in [2.75, 3.05) is 27.2 Å². The maximum atomic E-state index is 12.8. The van der Waals surface area contributed by atoms with Gasteiger partial charge in [-0.1, -0.05) is 32.6 Å². The molecule has 0 aromatic rings. The van der Waals surface area contributed by atoms with E-state index in [2.05, 4.69) is 6.92 Å². The number of urea groups is 1. The van der Waals surface area contributed by atoms with Crippen molar-refractivity contribution < 1.29 is 14.4 Å². The molecule has 1 heterocycles. The molecular weight excluding hydrogens is 282 g/mol. The van der Waals surface area contributed by atoms with Crippen molar-refractivity contribution in [2.24, 2.45) is 0 Å². The number of hydrogen-bond donors (Lipinski definition) is 0. The van der Waals surface area contributed by atoms with Crippen molar-refractivity contribution in [3.8, 4) is 0 Å². The van der Waals surface area contributed by atoms with Crippen LogP contribution < -0.4 is 0 Å². The molecule has 1 aliphatic heterocycles. The molecule has 1 spiro atoms. The molecule has 2 fully saturated rings. The van der Waals surface area contributed by atoms with Crippen LogP contribution in [0.1, 0.15) is 51.9 Å². The van der Waals surface area contributed by atoms with Gasteiger partial charge in [0.15, 0.2) is 0 Å². The molecule has 1 aliphatic carbocycles. The van der Waals surface area contributed by atoms with Crippen molar-refractivity contribution in [1.29, 1.82) is 0 Å². The van der Waals surface area contributed by atoms with Gasteiger partial charge in [0.2, 0.25) is 5.91 Å². The van der Waals surface area contributed by atoms with Crippen molar-refractivity contribution in [1.82, 2.24) is 14.7 Å². The van der Waals surface area contributed by atoms with Gasteiger partial charge in [-0.3, -0.25) is 14.5 Å². The molecule has 1 saturated carbocycles. The quantitative estimate of drug-likeness (QED) is 0.728. The highest BCUT2D eigenvalue weighted by molar-refractivity contribution is 6.08. The zero-order chi connectivity index (χ0) is 16.3. The Balaban J connectivity index is 2.07. The number of unbranched alkanes of at least 4 members (excludes halogenated alkanes) is 1. The highest BCUT2D eigenvalue weighted by Gasteiger charge is 2.55. The molecule has 4 amide bonds. The molecule has 2 aliphatic rings. The number of amides is 4. The maximum Gasteiger partial charge on any atom is 0.327 e. The molecule has 0 aromatic heterocycles. The molecule has 124 valence electrons. The topological polar surface area (TPSA) is 60.9 Å². The van der Waals surface area contributed by atoms with Gasteiger partial charge in [-0.05, 0) is 19.3 Å². The summed E-state index contributed by atoms with van der Waals surface area (Å²) in [5.74, 6) is -0.353. The third kappa shape index (κ3) is 2.83. The van der Waals surface area contributed by atoms with Crippen LogP contribution in [0.25, 0.3) is 0 Å². The molecular formula is C16H27N3O3. The van der Waals surface area contributed by atoms with E-state index < -0.39 is 5.54 Å². The Morgan fingerprint density at radius 3 is 2.45 bits per heavy atom. The Hall–Kier alpha value is -1.59. The van der Waals surface area contributed by atoms with Crippen LogP contribution in [0.3, 0.4) is 0 Å². The minimum Gasteiger partial charge on any atom is -0.344 e. The number of carbonyl (C=O) groups excluding carboxylic acids is 3. The van der Waals surface area contributed by atoms with E-state index in [0.717, 1.165) is 37.0 Å². The predicted octanol–water partition coefficient (Wildman–Crippen LogP) is 1.84. The van der Waals surface area contributed by atoms with Gasteiger partial charge in [0.05, 0.1) is 0 Å². The van der Waals surface area contributed by atoms with E-state index in [4.69, 9.17) is 0 Å². The third-order valence-corrected chi connectivity index (χ3v) is 5.05. The van der Waals surface area contributed by atoms with Gasteiger partial charge in [-0.2, -0.15) is 0 Å². The first-order valence-electron chi connectivity index (χ1n) is 8.28. The number of nitrogens with zero attached hydrogens (tertiary/aromatic N) is 3. The maximum absolute atomic E-state index is 12.8. The summed E-state index contributed by atoms with van der Waals surface area (Å²) in [4.78, 5) is 41.7. The average molecular weight is 309 g/mol. The van der Waals surface area contributed by atoms with E-state index in [-0.39, 0.29) is 24.4 Å². The van der Waals surface area contributed by atoms with Gasteiger partial charge in [0.1, 0.15) is 12.1 Å². The minimum absolute atomic E-state index is 0.135. The third-order valence-electron chi connectivity index (χ3n) is 5.05. The first-order valence-corrected chi connectivity index (χ1v) is 8.28. The van der Waals surface area contributed by atoms with Crippen molar-refractivity contribution in [2.45, 2.75) is 57.4 Å². The van der Waals surface area contributed by atoms with Gasteiger partial charge in [0.25, 0.3) is 5.91 Å². The molecule has 6 nitrogen and oxygen atoms in total. The fraction of sp³-hybridized carbons (Fsp3) is 0.812. The van der Waals surface area contributed by atoms with Crippen LogP contribution in [-0.2, 0) is 9.59 Å². The number of likely N-dealkylation sites (N-methyl/N-ethyl adjacent to an activating group) is 2. The van der Waals surface area contributed by atoms with Crippen LogP contribution in [0, 0.1) is 0 Å². The molecule has 22 heavy (non-hydrogen) atoms. The second-order valence-electron chi connectivity index (χ2n) is 6.49. The summed E-state index contributed by atoms with van der Waals surface area (Å²) in [6.07, 6.45) is 6.38. The Morgan fingerprint density at radius 1 is 1.23 bits per heavy atom. The second-order valence-corrected chi connectivity index (χ2v) is 6.49. The zero-order valence-corrected chi connectivity index (χ0v) is 13.9. The predicted molar refractivity (Wildman–Crippen MR) is 83.2 cm³/mol. The summed E-state index contributed by atoms with van der Waals surface area (Å²) in [6, 6.07) is -0.329. The Kier molecular flexibility index (Phi) is 5.08. The molecule has 0 bridgehead atoms. The van der Waals surface area contributed by atoms with Crippen LogP contribution in [0.4, 0.5) is 4.79 Å². The Labute approximate surface area is 132 Å². The van der Waals surface area contributed by atoms with Crippen LogP contribution in [0.15, 0.2) is 0 Å². The normalized spacial score (nSPS) is 20.9. The standard InChI is InChI=1S/C16H27N3O3/c1-4-5-11-17(2)13(20)12-19-14(21)16(18(3)15(19)22)9-7-6-8-10-16/h4-12H2,1-3H3. The Bertz CT molecular complexity index is 458. The highest BCUT2D eigenvalue weighted by Crippen LogP contribution is 2.39. The smallest absolute Gasteiger partial charge is 0.327 e. The summed E-state index contributed by atoms with van der Waals surface area (Å²) in [7, 11) is 3.42. The van der Waals surface area contributed by atoms with E-state index in [1.54, 1.807) is 23.9 Å². The summed E-state index contributed by atoms with van der Waals surface area (Å²) >= 11 is 0. The number of carbonyl (C=O) groups is 3. The number of rotatable bonds is 5. The number of imide groups is 1. The molecule has 0 radical (unpaired) electrons. The summed E-state index contributed by atoms with van der Waals surface area (Å²) in [6.45, 7) is 2.59. The summed E-state index contributed by atoms with van der Waals surface area (Å²) in [5, 5.41) is 0. The molecule has 0 atom stereocenters. The van der Waals surface area contributed by atoms with Gasteiger partial charge < -0.3 is 9.80 Å². The van der Waals surface area contributed by atoms with E-state index in [0.29, 0.717) is 19.4 Å². The van der Waals surface area contributed by atoms with Gasteiger partial charge in [-0.25, -0.2) is 4.79 Å². The van der Waals surface area contributed by atoms with Gasteiger partial charge in [-0.15, -0.1) is 0 Å². The fourth-order valence-corrected chi connectivity index (χ4v) is 3.45.